The van der Waals surface area contributed by atoms with Crippen LogP contribution >= 0.6 is 0 Å². The van der Waals surface area contributed by atoms with Gasteiger partial charge in [-0.25, -0.2) is 0 Å². The molecule has 0 atom stereocenters. The molecule has 1 aromatic rings. The molecule has 1 N–H and O–H groups in total. The first-order valence-corrected chi connectivity index (χ1v) is 5.55. The zero-order valence-electron chi connectivity index (χ0n) is 10.7. The number of carboxylic acids is 1. The van der Waals surface area contributed by atoms with E-state index < -0.39 is 5.97 Å². The Morgan fingerprint density at radius 3 is 2.47 bits per heavy atom. The van der Waals surface area contributed by atoms with Crippen LogP contribution in [0.4, 0.5) is 0 Å². The molecule has 96 valence electrons. The molecule has 6 nitrogen and oxygen atoms in total. The Kier molecular flexibility index (Phi) is 4.22. The molecule has 0 aliphatic heterocycles. The van der Waals surface area contributed by atoms with Crippen LogP contribution in [0.2, 0.25) is 0 Å². The fraction of sp³-hybridized carbons (Fsp3) is 0.727. The van der Waals surface area contributed by atoms with Gasteiger partial charge in [0.05, 0.1) is 13.0 Å². The first-order valence-electron chi connectivity index (χ1n) is 5.55. The lowest BCUT2D eigenvalue weighted by Crippen LogP contribution is -2.42. The van der Waals surface area contributed by atoms with Gasteiger partial charge in [0, 0.05) is 19.0 Å². The largest absolute Gasteiger partial charge is 0.481 e. The molecule has 1 heterocycles. The van der Waals surface area contributed by atoms with Crippen LogP contribution in [0.15, 0.2) is 4.42 Å². The topological polar surface area (TPSA) is 79.5 Å². The highest BCUT2D eigenvalue weighted by Crippen LogP contribution is 2.17. The molecule has 1 aromatic heterocycles. The Morgan fingerprint density at radius 1 is 1.41 bits per heavy atom. The molecule has 0 saturated heterocycles. The number of hydrogen-bond donors (Lipinski definition) is 1. The molecule has 0 fully saturated rings. The maximum Gasteiger partial charge on any atom is 0.304 e. The Bertz CT molecular complexity index is 382. The number of aliphatic carboxylic acids is 1. The molecule has 0 unspecified atom stereocenters. The van der Waals surface area contributed by atoms with E-state index in [2.05, 4.69) is 10.2 Å². The van der Waals surface area contributed by atoms with Crippen LogP contribution in [0, 0.1) is 6.92 Å². The van der Waals surface area contributed by atoms with Crippen molar-refractivity contribution in [1.82, 2.24) is 15.1 Å². The van der Waals surface area contributed by atoms with Crippen LogP contribution in [0.25, 0.3) is 0 Å². The van der Waals surface area contributed by atoms with Gasteiger partial charge in [-0.3, -0.25) is 9.69 Å². The zero-order valence-corrected chi connectivity index (χ0v) is 10.7. The third kappa shape index (κ3) is 4.52. The summed E-state index contributed by atoms with van der Waals surface area (Å²) in [4.78, 5) is 12.6. The van der Waals surface area contributed by atoms with Crippen LogP contribution in [-0.2, 0) is 11.3 Å². The molecule has 0 bridgehead atoms. The molecule has 17 heavy (non-hydrogen) atoms. The summed E-state index contributed by atoms with van der Waals surface area (Å²) in [5, 5.41) is 16.4. The van der Waals surface area contributed by atoms with Crippen LogP contribution in [-0.4, -0.2) is 38.3 Å². The third-order valence-electron chi connectivity index (χ3n) is 2.44. The van der Waals surface area contributed by atoms with Gasteiger partial charge in [0.1, 0.15) is 0 Å². The third-order valence-corrected chi connectivity index (χ3v) is 2.44. The highest BCUT2D eigenvalue weighted by atomic mass is 16.4. The zero-order chi connectivity index (χ0) is 13.1. The number of hydrogen-bond acceptors (Lipinski definition) is 5. The number of carboxylic acid groups (broad SMARTS) is 1. The molecular formula is C11H19N3O3. The van der Waals surface area contributed by atoms with Gasteiger partial charge in [0.2, 0.25) is 11.8 Å². The standard InChI is InChI=1S/C11H19N3O3/c1-8-12-13-9(17-8)7-14(11(2,3)4)6-5-10(15)16/h5-7H2,1-4H3,(H,15,16). The maximum absolute atomic E-state index is 10.6. The van der Waals surface area contributed by atoms with Crippen molar-refractivity contribution in [2.24, 2.45) is 0 Å². The number of nitrogens with zero attached hydrogens (tertiary/aromatic N) is 3. The lowest BCUT2D eigenvalue weighted by atomic mass is 10.1. The van der Waals surface area contributed by atoms with Crippen molar-refractivity contribution >= 4 is 5.97 Å². The van der Waals surface area contributed by atoms with Crippen molar-refractivity contribution < 1.29 is 14.3 Å². The summed E-state index contributed by atoms with van der Waals surface area (Å²) < 4.78 is 5.30. The minimum Gasteiger partial charge on any atom is -0.481 e. The van der Waals surface area contributed by atoms with Crippen molar-refractivity contribution in [2.75, 3.05) is 6.54 Å². The number of aromatic nitrogens is 2. The first kappa shape index (κ1) is 13.6. The fourth-order valence-corrected chi connectivity index (χ4v) is 1.45. The van der Waals surface area contributed by atoms with Gasteiger partial charge in [0.15, 0.2) is 0 Å². The Morgan fingerprint density at radius 2 is 2.06 bits per heavy atom. The summed E-state index contributed by atoms with van der Waals surface area (Å²) in [5.41, 5.74) is -0.141. The molecule has 1 rings (SSSR count). The van der Waals surface area contributed by atoms with Gasteiger partial charge in [-0.2, -0.15) is 0 Å². The Balaban J connectivity index is 2.67. The monoisotopic (exact) mass is 241 g/mol. The molecule has 0 aliphatic carbocycles. The second-order valence-corrected chi connectivity index (χ2v) is 4.95. The predicted molar refractivity (Wildman–Crippen MR) is 61.5 cm³/mol. The van der Waals surface area contributed by atoms with Crippen LogP contribution in [0.5, 0.6) is 0 Å². The van der Waals surface area contributed by atoms with Gasteiger partial charge >= 0.3 is 5.97 Å². The summed E-state index contributed by atoms with van der Waals surface area (Å²) in [6.07, 6.45) is 0.102. The summed E-state index contributed by atoms with van der Waals surface area (Å²) in [5.74, 6) is 0.232. The van der Waals surface area contributed by atoms with E-state index in [1.807, 2.05) is 25.7 Å². The van der Waals surface area contributed by atoms with Gasteiger partial charge in [-0.15, -0.1) is 10.2 Å². The van der Waals surface area contributed by atoms with E-state index in [0.717, 1.165) is 0 Å². The second-order valence-electron chi connectivity index (χ2n) is 4.95. The van der Waals surface area contributed by atoms with Crippen molar-refractivity contribution in [2.45, 2.75) is 46.2 Å². The number of aryl methyl sites for hydroxylation is 1. The second kappa shape index (κ2) is 5.27. The normalized spacial score (nSPS) is 12.1. The number of carbonyl (C=O) groups is 1. The van der Waals surface area contributed by atoms with E-state index in [1.165, 1.54) is 0 Å². The quantitative estimate of drug-likeness (QED) is 0.840. The maximum atomic E-state index is 10.6. The fourth-order valence-electron chi connectivity index (χ4n) is 1.45. The van der Waals surface area contributed by atoms with E-state index in [9.17, 15) is 4.79 Å². The van der Waals surface area contributed by atoms with Crippen molar-refractivity contribution in [1.29, 1.82) is 0 Å². The van der Waals surface area contributed by atoms with E-state index in [0.29, 0.717) is 24.9 Å². The molecule has 0 aliphatic rings. The predicted octanol–water partition coefficient (Wildman–Crippen LogP) is 1.45. The highest BCUT2D eigenvalue weighted by Gasteiger charge is 2.23. The number of rotatable bonds is 5. The molecule has 6 heteroatoms. The van der Waals surface area contributed by atoms with Gasteiger partial charge in [0.25, 0.3) is 0 Å². The molecule has 0 spiro atoms. The smallest absolute Gasteiger partial charge is 0.304 e. The van der Waals surface area contributed by atoms with Gasteiger partial charge < -0.3 is 9.52 Å². The van der Waals surface area contributed by atoms with Crippen molar-refractivity contribution in [3.63, 3.8) is 0 Å². The Hall–Kier alpha value is -1.43. The molecule has 0 amide bonds. The molecule has 0 radical (unpaired) electrons. The van der Waals surface area contributed by atoms with Crippen LogP contribution < -0.4 is 0 Å². The molecule has 0 aromatic carbocycles. The summed E-state index contributed by atoms with van der Waals surface area (Å²) in [7, 11) is 0. The summed E-state index contributed by atoms with van der Waals surface area (Å²) in [6, 6.07) is 0. The lowest BCUT2D eigenvalue weighted by molar-refractivity contribution is -0.137. The summed E-state index contributed by atoms with van der Waals surface area (Å²) in [6.45, 7) is 8.74. The van der Waals surface area contributed by atoms with Gasteiger partial charge in [-0.05, 0) is 20.8 Å². The van der Waals surface area contributed by atoms with E-state index in [-0.39, 0.29) is 12.0 Å². The van der Waals surface area contributed by atoms with Crippen molar-refractivity contribution in [3.05, 3.63) is 11.8 Å². The first-order chi connectivity index (χ1) is 7.79. The highest BCUT2D eigenvalue weighted by molar-refractivity contribution is 5.66. The minimum absolute atomic E-state index is 0.102. The Labute approximate surface area is 101 Å². The average molecular weight is 241 g/mol. The average Bonchev–Trinajstić information content (AvgIpc) is 2.56. The molecular weight excluding hydrogens is 222 g/mol. The minimum atomic E-state index is -0.805. The van der Waals surface area contributed by atoms with Crippen LogP contribution in [0.1, 0.15) is 39.0 Å². The summed E-state index contributed by atoms with van der Waals surface area (Å²) >= 11 is 0. The van der Waals surface area contributed by atoms with Crippen LogP contribution in [0.3, 0.4) is 0 Å². The van der Waals surface area contributed by atoms with E-state index in [4.69, 9.17) is 9.52 Å². The van der Waals surface area contributed by atoms with Crippen molar-refractivity contribution in [3.8, 4) is 0 Å². The molecule has 0 saturated carbocycles. The SMILES string of the molecule is Cc1nnc(CN(CCC(=O)O)C(C)(C)C)o1. The van der Waals surface area contributed by atoms with E-state index >= 15 is 0 Å². The lowest BCUT2D eigenvalue weighted by Gasteiger charge is -2.34. The van der Waals surface area contributed by atoms with E-state index in [1.54, 1.807) is 6.92 Å². The van der Waals surface area contributed by atoms with Gasteiger partial charge in [-0.1, -0.05) is 0 Å².